The SMILES string of the molecule is CCCCC(C)Nc1ccc2nc(SC)sc2c1. The summed E-state index contributed by atoms with van der Waals surface area (Å²) in [4.78, 5) is 4.55. The Morgan fingerprint density at radius 3 is 3.00 bits per heavy atom. The topological polar surface area (TPSA) is 24.9 Å². The highest BCUT2D eigenvalue weighted by molar-refractivity contribution is 8.00. The van der Waals surface area contributed by atoms with E-state index < -0.39 is 0 Å². The van der Waals surface area contributed by atoms with Crippen molar-refractivity contribution in [2.45, 2.75) is 43.5 Å². The molecule has 0 saturated carbocycles. The largest absolute Gasteiger partial charge is 0.383 e. The van der Waals surface area contributed by atoms with Gasteiger partial charge in [-0.05, 0) is 37.8 Å². The van der Waals surface area contributed by atoms with Crippen molar-refractivity contribution < 1.29 is 0 Å². The molecular formula is C14H20N2S2. The molecule has 18 heavy (non-hydrogen) atoms. The predicted molar refractivity (Wildman–Crippen MR) is 84.0 cm³/mol. The van der Waals surface area contributed by atoms with Crippen LogP contribution in [0.2, 0.25) is 0 Å². The molecule has 0 aliphatic heterocycles. The summed E-state index contributed by atoms with van der Waals surface area (Å²) in [6.07, 6.45) is 5.85. The van der Waals surface area contributed by atoms with Gasteiger partial charge in [-0.3, -0.25) is 0 Å². The van der Waals surface area contributed by atoms with E-state index in [1.165, 1.54) is 29.6 Å². The fourth-order valence-electron chi connectivity index (χ4n) is 1.95. The molecular weight excluding hydrogens is 260 g/mol. The molecule has 1 N–H and O–H groups in total. The molecule has 0 spiro atoms. The lowest BCUT2D eigenvalue weighted by molar-refractivity contribution is 0.645. The maximum atomic E-state index is 4.55. The number of anilines is 1. The van der Waals surface area contributed by atoms with Crippen molar-refractivity contribution in [1.29, 1.82) is 0 Å². The number of hydrogen-bond acceptors (Lipinski definition) is 4. The summed E-state index contributed by atoms with van der Waals surface area (Å²) in [7, 11) is 0. The summed E-state index contributed by atoms with van der Waals surface area (Å²) in [6, 6.07) is 7.00. The number of rotatable bonds is 6. The Morgan fingerprint density at radius 1 is 1.44 bits per heavy atom. The third-order valence-corrected chi connectivity index (χ3v) is 4.95. The van der Waals surface area contributed by atoms with Crippen molar-refractivity contribution in [3.05, 3.63) is 18.2 Å². The molecule has 98 valence electrons. The van der Waals surface area contributed by atoms with E-state index in [-0.39, 0.29) is 0 Å². The number of aromatic nitrogens is 1. The van der Waals surface area contributed by atoms with Crippen molar-refractivity contribution in [3.63, 3.8) is 0 Å². The van der Waals surface area contributed by atoms with E-state index in [1.807, 2.05) is 0 Å². The van der Waals surface area contributed by atoms with Crippen LogP contribution in [0.4, 0.5) is 5.69 Å². The van der Waals surface area contributed by atoms with Gasteiger partial charge in [0, 0.05) is 11.7 Å². The molecule has 2 aromatic rings. The van der Waals surface area contributed by atoms with Crippen LogP contribution in [-0.4, -0.2) is 17.3 Å². The molecule has 0 saturated heterocycles. The van der Waals surface area contributed by atoms with Crippen LogP contribution in [-0.2, 0) is 0 Å². The molecule has 0 bridgehead atoms. The van der Waals surface area contributed by atoms with Crippen LogP contribution in [0.3, 0.4) is 0 Å². The molecule has 2 nitrogen and oxygen atoms in total. The molecule has 0 aliphatic rings. The molecule has 0 radical (unpaired) electrons. The van der Waals surface area contributed by atoms with Gasteiger partial charge < -0.3 is 5.32 Å². The maximum absolute atomic E-state index is 4.55. The Labute approximate surface area is 117 Å². The smallest absolute Gasteiger partial charge is 0.150 e. The minimum atomic E-state index is 0.537. The summed E-state index contributed by atoms with van der Waals surface area (Å²) >= 11 is 3.48. The Morgan fingerprint density at radius 2 is 2.28 bits per heavy atom. The van der Waals surface area contributed by atoms with Crippen LogP contribution in [0.5, 0.6) is 0 Å². The molecule has 1 atom stereocenters. The molecule has 1 aromatic carbocycles. The molecule has 0 fully saturated rings. The van der Waals surface area contributed by atoms with Crippen LogP contribution in [0.25, 0.3) is 10.2 Å². The lowest BCUT2D eigenvalue weighted by Crippen LogP contribution is -2.14. The number of benzene rings is 1. The van der Waals surface area contributed by atoms with E-state index >= 15 is 0 Å². The molecule has 0 amide bonds. The van der Waals surface area contributed by atoms with Crippen molar-refractivity contribution in [2.24, 2.45) is 0 Å². The fraction of sp³-hybridized carbons (Fsp3) is 0.500. The van der Waals surface area contributed by atoms with E-state index in [0.29, 0.717) is 6.04 Å². The van der Waals surface area contributed by atoms with Gasteiger partial charge in [0.25, 0.3) is 0 Å². The number of hydrogen-bond donors (Lipinski definition) is 1. The van der Waals surface area contributed by atoms with Crippen LogP contribution in [0.15, 0.2) is 22.5 Å². The molecule has 1 heterocycles. The zero-order valence-electron chi connectivity index (χ0n) is 11.2. The Balaban J connectivity index is 2.09. The normalized spacial score (nSPS) is 12.8. The highest BCUT2D eigenvalue weighted by Gasteiger charge is 2.05. The number of fused-ring (bicyclic) bond motifs is 1. The first-order valence-electron chi connectivity index (χ1n) is 6.44. The van der Waals surface area contributed by atoms with E-state index in [9.17, 15) is 0 Å². The highest BCUT2D eigenvalue weighted by Crippen LogP contribution is 2.30. The number of thioether (sulfide) groups is 1. The molecule has 1 aromatic heterocycles. The van der Waals surface area contributed by atoms with E-state index in [2.05, 4.69) is 48.6 Å². The number of nitrogens with zero attached hydrogens (tertiary/aromatic N) is 1. The van der Waals surface area contributed by atoms with Crippen molar-refractivity contribution >= 4 is 39.0 Å². The Bertz CT molecular complexity index is 507. The fourth-order valence-corrected chi connectivity index (χ4v) is 3.48. The minimum absolute atomic E-state index is 0.537. The molecule has 2 rings (SSSR count). The van der Waals surface area contributed by atoms with E-state index in [4.69, 9.17) is 0 Å². The zero-order valence-corrected chi connectivity index (χ0v) is 12.8. The van der Waals surface area contributed by atoms with Gasteiger partial charge in [0.2, 0.25) is 0 Å². The Kier molecular flexibility index (Phi) is 4.89. The van der Waals surface area contributed by atoms with E-state index in [1.54, 1.807) is 23.1 Å². The number of thiazole rings is 1. The van der Waals surface area contributed by atoms with Crippen LogP contribution >= 0.6 is 23.1 Å². The third-order valence-electron chi connectivity index (χ3n) is 2.95. The van der Waals surface area contributed by atoms with Gasteiger partial charge in [0.15, 0.2) is 4.34 Å². The molecule has 4 heteroatoms. The van der Waals surface area contributed by atoms with E-state index in [0.717, 1.165) is 9.86 Å². The summed E-state index contributed by atoms with van der Waals surface area (Å²) in [6.45, 7) is 4.49. The van der Waals surface area contributed by atoms with Gasteiger partial charge in [-0.2, -0.15) is 0 Å². The second-order valence-corrected chi connectivity index (χ2v) is 6.64. The first-order valence-corrected chi connectivity index (χ1v) is 8.48. The van der Waals surface area contributed by atoms with Crippen molar-refractivity contribution in [3.8, 4) is 0 Å². The van der Waals surface area contributed by atoms with Gasteiger partial charge in [0.1, 0.15) is 0 Å². The van der Waals surface area contributed by atoms with Crippen LogP contribution in [0.1, 0.15) is 33.1 Å². The maximum Gasteiger partial charge on any atom is 0.150 e. The second kappa shape index (κ2) is 6.43. The quantitative estimate of drug-likeness (QED) is 0.753. The lowest BCUT2D eigenvalue weighted by atomic mass is 10.1. The Hall–Kier alpha value is -0.740. The molecule has 1 unspecified atom stereocenters. The lowest BCUT2D eigenvalue weighted by Gasteiger charge is -2.14. The monoisotopic (exact) mass is 280 g/mol. The third kappa shape index (κ3) is 3.39. The predicted octanol–water partition coefficient (Wildman–Crippen LogP) is 5.01. The van der Waals surface area contributed by atoms with Gasteiger partial charge >= 0.3 is 0 Å². The first kappa shape index (κ1) is 13.7. The van der Waals surface area contributed by atoms with Crippen LogP contribution in [0, 0.1) is 0 Å². The summed E-state index contributed by atoms with van der Waals surface area (Å²) in [5.74, 6) is 0. The average molecular weight is 280 g/mol. The second-order valence-electron chi connectivity index (χ2n) is 4.55. The van der Waals surface area contributed by atoms with Gasteiger partial charge in [-0.25, -0.2) is 4.98 Å². The molecule has 0 aliphatic carbocycles. The van der Waals surface area contributed by atoms with Gasteiger partial charge in [0.05, 0.1) is 10.2 Å². The standard InChI is InChI=1S/C14H20N2S2/c1-4-5-6-10(2)15-11-7-8-12-13(9-11)18-14(16-12)17-3/h7-10,15H,4-6H2,1-3H3. The van der Waals surface area contributed by atoms with Crippen LogP contribution < -0.4 is 5.32 Å². The summed E-state index contributed by atoms with van der Waals surface area (Å²) < 4.78 is 2.41. The average Bonchev–Trinajstić information content (AvgIpc) is 2.78. The van der Waals surface area contributed by atoms with Crippen molar-refractivity contribution in [2.75, 3.05) is 11.6 Å². The summed E-state index contributed by atoms with van der Waals surface area (Å²) in [5.41, 5.74) is 2.32. The highest BCUT2D eigenvalue weighted by atomic mass is 32.2. The summed E-state index contributed by atoms with van der Waals surface area (Å²) in [5, 5.41) is 3.57. The van der Waals surface area contributed by atoms with Gasteiger partial charge in [-0.15, -0.1) is 11.3 Å². The zero-order chi connectivity index (χ0) is 13.0. The number of nitrogens with one attached hydrogen (secondary N) is 1. The van der Waals surface area contributed by atoms with Crippen molar-refractivity contribution in [1.82, 2.24) is 4.98 Å². The first-order chi connectivity index (χ1) is 8.72. The van der Waals surface area contributed by atoms with Gasteiger partial charge in [-0.1, -0.05) is 31.5 Å². The minimum Gasteiger partial charge on any atom is -0.383 e. The number of unbranched alkanes of at least 4 members (excludes halogenated alkanes) is 1.